The lowest BCUT2D eigenvalue weighted by Gasteiger charge is -2.05. The molecule has 0 aliphatic heterocycles. The highest BCUT2D eigenvalue weighted by molar-refractivity contribution is 5.99. The van der Waals surface area contributed by atoms with Crippen molar-refractivity contribution in [2.24, 2.45) is 0 Å². The van der Waals surface area contributed by atoms with Gasteiger partial charge in [0.2, 0.25) is 5.89 Å². The van der Waals surface area contributed by atoms with Crippen LogP contribution in [0.2, 0.25) is 0 Å². The number of nitro groups is 1. The number of aryl methyl sites for hydroxylation is 1. The van der Waals surface area contributed by atoms with Gasteiger partial charge in [0, 0.05) is 17.8 Å². The number of nitro benzene ring substituents is 1. The number of benzene rings is 1. The summed E-state index contributed by atoms with van der Waals surface area (Å²) in [6, 6.07) is 3.65. The number of carbonyl (C=O) groups excluding carboxylic acids is 1. The largest absolute Gasteiger partial charge is 0.398 e. The molecule has 0 saturated carbocycles. The van der Waals surface area contributed by atoms with E-state index in [9.17, 15) is 14.9 Å². The Hall–Kier alpha value is -2.97. The predicted octanol–water partition coefficient (Wildman–Crippen LogP) is 0.798. The van der Waals surface area contributed by atoms with Crippen LogP contribution in [-0.2, 0) is 6.54 Å². The zero-order valence-electron chi connectivity index (χ0n) is 10.5. The molecule has 1 aromatic heterocycles. The average molecular weight is 277 g/mol. The summed E-state index contributed by atoms with van der Waals surface area (Å²) >= 11 is 0. The predicted molar refractivity (Wildman–Crippen MR) is 67.7 cm³/mol. The minimum Gasteiger partial charge on any atom is -0.398 e. The number of anilines is 1. The molecule has 0 aliphatic rings. The first-order chi connectivity index (χ1) is 9.47. The van der Waals surface area contributed by atoms with Gasteiger partial charge in [0.15, 0.2) is 5.82 Å². The Morgan fingerprint density at radius 1 is 1.55 bits per heavy atom. The van der Waals surface area contributed by atoms with Gasteiger partial charge >= 0.3 is 0 Å². The smallest absolute Gasteiger partial charge is 0.270 e. The summed E-state index contributed by atoms with van der Waals surface area (Å²) in [6.45, 7) is 1.66. The van der Waals surface area contributed by atoms with Gasteiger partial charge in [0.1, 0.15) is 0 Å². The third-order valence-electron chi connectivity index (χ3n) is 2.46. The second-order valence-electron chi connectivity index (χ2n) is 3.95. The first kappa shape index (κ1) is 13.5. The summed E-state index contributed by atoms with van der Waals surface area (Å²) in [5.41, 5.74) is 5.59. The fourth-order valence-electron chi connectivity index (χ4n) is 1.52. The minimum atomic E-state index is -0.600. The Morgan fingerprint density at radius 3 is 2.90 bits per heavy atom. The lowest BCUT2D eigenvalue weighted by Crippen LogP contribution is -2.24. The monoisotopic (exact) mass is 277 g/mol. The van der Waals surface area contributed by atoms with E-state index in [-0.39, 0.29) is 29.4 Å². The number of non-ortho nitro benzene ring substituents is 1. The molecule has 0 saturated heterocycles. The molecule has 0 fully saturated rings. The Labute approximate surface area is 112 Å². The summed E-state index contributed by atoms with van der Waals surface area (Å²) < 4.78 is 4.83. The van der Waals surface area contributed by atoms with Crippen LogP contribution in [0, 0.1) is 17.0 Å². The topological polar surface area (TPSA) is 137 Å². The molecule has 0 bridgehead atoms. The number of amides is 1. The fraction of sp³-hybridized carbons (Fsp3) is 0.182. The van der Waals surface area contributed by atoms with Gasteiger partial charge in [-0.15, -0.1) is 0 Å². The van der Waals surface area contributed by atoms with Crippen LogP contribution in [-0.4, -0.2) is 21.0 Å². The van der Waals surface area contributed by atoms with Gasteiger partial charge in [0.05, 0.1) is 17.0 Å². The van der Waals surface area contributed by atoms with E-state index < -0.39 is 10.8 Å². The first-order valence-corrected chi connectivity index (χ1v) is 5.58. The van der Waals surface area contributed by atoms with Crippen molar-refractivity contribution < 1.29 is 14.2 Å². The van der Waals surface area contributed by atoms with Crippen molar-refractivity contribution in [2.45, 2.75) is 13.5 Å². The molecule has 9 nitrogen and oxygen atoms in total. The van der Waals surface area contributed by atoms with Crippen LogP contribution in [0.25, 0.3) is 0 Å². The maximum Gasteiger partial charge on any atom is 0.270 e. The molecule has 1 aromatic carbocycles. The normalized spacial score (nSPS) is 10.2. The van der Waals surface area contributed by atoms with Gasteiger partial charge in [-0.2, -0.15) is 4.98 Å². The molecule has 104 valence electrons. The van der Waals surface area contributed by atoms with Gasteiger partial charge in [-0.1, -0.05) is 5.16 Å². The van der Waals surface area contributed by atoms with E-state index in [1.165, 1.54) is 12.1 Å². The van der Waals surface area contributed by atoms with E-state index in [4.69, 9.17) is 10.3 Å². The third kappa shape index (κ3) is 2.88. The molecule has 1 amide bonds. The average Bonchev–Trinajstić information content (AvgIpc) is 2.82. The van der Waals surface area contributed by atoms with Crippen molar-refractivity contribution in [3.63, 3.8) is 0 Å². The Balaban J connectivity index is 2.12. The number of hydrogen-bond acceptors (Lipinski definition) is 7. The number of hydrogen-bond donors (Lipinski definition) is 2. The Bertz CT molecular complexity index is 667. The number of nitrogens with one attached hydrogen (secondary N) is 1. The second-order valence-corrected chi connectivity index (χ2v) is 3.95. The highest BCUT2D eigenvalue weighted by atomic mass is 16.6. The minimum absolute atomic E-state index is 0.0157. The van der Waals surface area contributed by atoms with Crippen LogP contribution in [0.4, 0.5) is 11.4 Å². The molecule has 0 atom stereocenters. The van der Waals surface area contributed by atoms with E-state index in [1.807, 2.05) is 0 Å². The SMILES string of the molecule is Cc1noc(CNC(=O)c2cc([N+](=O)[O-])ccc2N)n1. The van der Waals surface area contributed by atoms with E-state index in [0.29, 0.717) is 5.82 Å². The molecule has 2 aromatic rings. The van der Waals surface area contributed by atoms with E-state index >= 15 is 0 Å². The van der Waals surface area contributed by atoms with Gasteiger partial charge in [-0.25, -0.2) is 0 Å². The maximum atomic E-state index is 11.9. The zero-order chi connectivity index (χ0) is 14.7. The van der Waals surface area contributed by atoms with Crippen LogP contribution < -0.4 is 11.1 Å². The molecule has 3 N–H and O–H groups in total. The molecule has 2 rings (SSSR count). The number of nitrogen functional groups attached to an aromatic ring is 1. The van der Waals surface area contributed by atoms with E-state index in [2.05, 4.69) is 15.5 Å². The molecule has 0 unspecified atom stereocenters. The number of nitrogens with two attached hydrogens (primary N) is 1. The van der Waals surface area contributed by atoms with Gasteiger partial charge in [0.25, 0.3) is 11.6 Å². The maximum absolute atomic E-state index is 11.9. The zero-order valence-corrected chi connectivity index (χ0v) is 10.5. The quantitative estimate of drug-likeness (QED) is 0.478. The van der Waals surface area contributed by atoms with Crippen molar-refractivity contribution in [3.05, 3.63) is 45.6 Å². The number of rotatable bonds is 4. The third-order valence-corrected chi connectivity index (χ3v) is 2.46. The summed E-state index contributed by atoms with van der Waals surface area (Å²) in [4.78, 5) is 25.9. The highest BCUT2D eigenvalue weighted by Crippen LogP contribution is 2.19. The van der Waals surface area contributed by atoms with Gasteiger partial charge < -0.3 is 15.6 Å². The molecule has 0 aliphatic carbocycles. The molecule has 9 heteroatoms. The van der Waals surface area contributed by atoms with E-state index in [1.54, 1.807) is 6.92 Å². The van der Waals surface area contributed by atoms with Crippen LogP contribution in [0.5, 0.6) is 0 Å². The molecular formula is C11H11N5O4. The summed E-state index contributed by atoms with van der Waals surface area (Å²) in [5, 5.41) is 16.7. The van der Waals surface area contributed by atoms with Crippen molar-refractivity contribution in [2.75, 3.05) is 5.73 Å². The summed E-state index contributed by atoms with van der Waals surface area (Å²) in [7, 11) is 0. The molecule has 0 radical (unpaired) electrons. The van der Waals surface area contributed by atoms with Crippen molar-refractivity contribution in [3.8, 4) is 0 Å². The van der Waals surface area contributed by atoms with Crippen LogP contribution >= 0.6 is 0 Å². The number of carbonyl (C=O) groups is 1. The molecule has 0 spiro atoms. The van der Waals surface area contributed by atoms with Crippen LogP contribution in [0.3, 0.4) is 0 Å². The highest BCUT2D eigenvalue weighted by Gasteiger charge is 2.15. The molecule has 20 heavy (non-hydrogen) atoms. The molecular weight excluding hydrogens is 266 g/mol. The van der Waals surface area contributed by atoms with Crippen molar-refractivity contribution >= 4 is 17.3 Å². The molecule has 1 heterocycles. The summed E-state index contributed by atoms with van der Waals surface area (Å²) in [6.07, 6.45) is 0. The van der Waals surface area contributed by atoms with Gasteiger partial charge in [-0.05, 0) is 13.0 Å². The summed E-state index contributed by atoms with van der Waals surface area (Å²) in [5.74, 6) is 0.131. The second kappa shape index (κ2) is 5.34. The van der Waals surface area contributed by atoms with E-state index in [0.717, 1.165) is 6.07 Å². The van der Waals surface area contributed by atoms with Crippen molar-refractivity contribution in [1.29, 1.82) is 0 Å². The fourth-order valence-corrected chi connectivity index (χ4v) is 1.52. The van der Waals surface area contributed by atoms with Crippen LogP contribution in [0.1, 0.15) is 22.1 Å². The van der Waals surface area contributed by atoms with Crippen LogP contribution in [0.15, 0.2) is 22.7 Å². The Kier molecular flexibility index (Phi) is 3.60. The first-order valence-electron chi connectivity index (χ1n) is 5.58. The lowest BCUT2D eigenvalue weighted by molar-refractivity contribution is -0.384. The van der Waals surface area contributed by atoms with Crippen molar-refractivity contribution in [1.82, 2.24) is 15.5 Å². The van der Waals surface area contributed by atoms with Gasteiger partial charge in [-0.3, -0.25) is 14.9 Å². The number of aromatic nitrogens is 2. The Morgan fingerprint density at radius 2 is 2.30 bits per heavy atom. The number of nitrogens with zero attached hydrogens (tertiary/aromatic N) is 3. The lowest BCUT2D eigenvalue weighted by atomic mass is 10.1. The standard InChI is InChI=1S/C11H11N5O4/c1-6-14-10(20-15-6)5-13-11(17)8-4-7(16(18)19)2-3-9(8)12/h2-4H,5,12H2,1H3,(H,13,17).